The van der Waals surface area contributed by atoms with E-state index in [-0.39, 0.29) is 0 Å². The zero-order valence-corrected chi connectivity index (χ0v) is 13.2. The van der Waals surface area contributed by atoms with E-state index in [1.165, 1.54) is 5.56 Å². The molecule has 2 rings (SSSR count). The lowest BCUT2D eigenvalue weighted by Gasteiger charge is -2.18. The van der Waals surface area contributed by atoms with Gasteiger partial charge in [0, 0.05) is 24.7 Å². The molecule has 0 atom stereocenters. The molecule has 0 fully saturated rings. The van der Waals surface area contributed by atoms with Crippen molar-refractivity contribution in [1.82, 2.24) is 15.3 Å². The standard InChI is InChI=1S/C15H22N4S/c1-4-5-16-8-13-6-12(2)18-15(7-13)19(3)9-14-10-20-11-17-14/h6-7,10-11,16H,4-5,8-9H2,1-3H3. The molecule has 0 saturated carbocycles. The summed E-state index contributed by atoms with van der Waals surface area (Å²) in [5.74, 6) is 1.01. The number of pyridine rings is 1. The number of hydrogen-bond acceptors (Lipinski definition) is 5. The van der Waals surface area contributed by atoms with E-state index in [2.05, 4.69) is 51.7 Å². The van der Waals surface area contributed by atoms with Crippen molar-refractivity contribution in [3.05, 3.63) is 40.0 Å². The van der Waals surface area contributed by atoms with Crippen molar-refractivity contribution in [3.8, 4) is 0 Å². The molecule has 0 amide bonds. The minimum Gasteiger partial charge on any atom is -0.354 e. The second-order valence-corrected chi connectivity index (χ2v) is 5.71. The van der Waals surface area contributed by atoms with Crippen LogP contribution < -0.4 is 10.2 Å². The first-order valence-corrected chi connectivity index (χ1v) is 7.89. The number of rotatable bonds is 7. The van der Waals surface area contributed by atoms with Gasteiger partial charge in [-0.05, 0) is 37.6 Å². The Morgan fingerprint density at radius 2 is 2.20 bits per heavy atom. The summed E-state index contributed by atoms with van der Waals surface area (Å²) in [7, 11) is 2.06. The van der Waals surface area contributed by atoms with Gasteiger partial charge in [0.2, 0.25) is 0 Å². The molecule has 2 heterocycles. The van der Waals surface area contributed by atoms with E-state index in [0.717, 1.165) is 43.3 Å². The normalized spacial score (nSPS) is 10.8. The van der Waals surface area contributed by atoms with Gasteiger partial charge in [-0.25, -0.2) is 9.97 Å². The molecule has 0 aliphatic carbocycles. The number of nitrogens with zero attached hydrogens (tertiary/aromatic N) is 3. The number of nitrogens with one attached hydrogen (secondary N) is 1. The van der Waals surface area contributed by atoms with Crippen molar-refractivity contribution >= 4 is 17.2 Å². The lowest BCUT2D eigenvalue weighted by molar-refractivity contribution is 0.674. The molecule has 0 unspecified atom stereocenters. The first-order valence-electron chi connectivity index (χ1n) is 6.95. The highest BCUT2D eigenvalue weighted by molar-refractivity contribution is 7.07. The number of anilines is 1. The molecule has 0 aromatic carbocycles. The van der Waals surface area contributed by atoms with Crippen LogP contribution in [-0.2, 0) is 13.1 Å². The topological polar surface area (TPSA) is 41.1 Å². The Morgan fingerprint density at radius 3 is 2.90 bits per heavy atom. The van der Waals surface area contributed by atoms with Gasteiger partial charge in [0.15, 0.2) is 0 Å². The van der Waals surface area contributed by atoms with Crippen molar-refractivity contribution in [2.75, 3.05) is 18.5 Å². The fourth-order valence-electron chi connectivity index (χ4n) is 2.07. The van der Waals surface area contributed by atoms with E-state index < -0.39 is 0 Å². The lowest BCUT2D eigenvalue weighted by atomic mass is 10.2. The molecule has 0 bridgehead atoms. The quantitative estimate of drug-likeness (QED) is 0.796. The molecule has 4 nitrogen and oxygen atoms in total. The van der Waals surface area contributed by atoms with Gasteiger partial charge in [-0.15, -0.1) is 11.3 Å². The first-order chi connectivity index (χ1) is 9.69. The summed E-state index contributed by atoms with van der Waals surface area (Å²) in [6.45, 7) is 6.96. The number of aromatic nitrogens is 2. The first kappa shape index (κ1) is 14.9. The van der Waals surface area contributed by atoms with Crippen LogP contribution in [0.15, 0.2) is 23.0 Å². The minimum atomic E-state index is 0.793. The summed E-state index contributed by atoms with van der Waals surface area (Å²) >= 11 is 1.63. The third-order valence-electron chi connectivity index (χ3n) is 3.03. The molecule has 0 aliphatic heterocycles. The van der Waals surface area contributed by atoms with Crippen LogP contribution in [0.1, 0.15) is 30.3 Å². The summed E-state index contributed by atoms with van der Waals surface area (Å²) < 4.78 is 0. The number of thiazole rings is 1. The SMILES string of the molecule is CCCNCc1cc(C)nc(N(C)Cc2cscn2)c1. The Kier molecular flexibility index (Phi) is 5.49. The van der Waals surface area contributed by atoms with Gasteiger partial charge in [0.1, 0.15) is 5.82 Å². The fraction of sp³-hybridized carbons (Fsp3) is 0.467. The largest absolute Gasteiger partial charge is 0.354 e. The Balaban J connectivity index is 2.06. The van der Waals surface area contributed by atoms with E-state index >= 15 is 0 Å². The van der Waals surface area contributed by atoms with Crippen molar-refractivity contribution in [2.24, 2.45) is 0 Å². The molecule has 2 aromatic heterocycles. The number of hydrogen-bond donors (Lipinski definition) is 1. The molecular formula is C15H22N4S. The molecule has 2 aromatic rings. The predicted molar refractivity (Wildman–Crippen MR) is 85.2 cm³/mol. The van der Waals surface area contributed by atoms with E-state index in [0.29, 0.717) is 0 Å². The maximum absolute atomic E-state index is 4.62. The highest BCUT2D eigenvalue weighted by atomic mass is 32.1. The van der Waals surface area contributed by atoms with Crippen LogP contribution >= 0.6 is 11.3 Å². The Hall–Kier alpha value is -1.46. The maximum Gasteiger partial charge on any atom is 0.129 e. The van der Waals surface area contributed by atoms with Crippen molar-refractivity contribution in [2.45, 2.75) is 33.4 Å². The van der Waals surface area contributed by atoms with Gasteiger partial charge in [-0.1, -0.05) is 6.92 Å². The number of aryl methyl sites for hydroxylation is 1. The van der Waals surface area contributed by atoms with E-state index in [4.69, 9.17) is 0 Å². The molecule has 20 heavy (non-hydrogen) atoms. The van der Waals surface area contributed by atoms with Crippen molar-refractivity contribution in [1.29, 1.82) is 0 Å². The zero-order chi connectivity index (χ0) is 14.4. The van der Waals surface area contributed by atoms with Gasteiger partial charge in [0.25, 0.3) is 0 Å². The van der Waals surface area contributed by atoms with Crippen LogP contribution in [-0.4, -0.2) is 23.6 Å². The van der Waals surface area contributed by atoms with Crippen LogP contribution in [0, 0.1) is 6.92 Å². The highest BCUT2D eigenvalue weighted by Crippen LogP contribution is 2.16. The summed E-state index contributed by atoms with van der Waals surface area (Å²) in [5, 5.41) is 5.51. The molecular weight excluding hydrogens is 268 g/mol. The summed E-state index contributed by atoms with van der Waals surface area (Å²) in [6.07, 6.45) is 1.15. The second kappa shape index (κ2) is 7.36. The van der Waals surface area contributed by atoms with Gasteiger partial charge in [-0.2, -0.15) is 0 Å². The van der Waals surface area contributed by atoms with Gasteiger partial charge >= 0.3 is 0 Å². The average Bonchev–Trinajstić information content (AvgIpc) is 2.91. The summed E-state index contributed by atoms with van der Waals surface area (Å²) in [4.78, 5) is 11.1. The van der Waals surface area contributed by atoms with Crippen LogP contribution in [0.4, 0.5) is 5.82 Å². The highest BCUT2D eigenvalue weighted by Gasteiger charge is 2.07. The summed E-state index contributed by atoms with van der Waals surface area (Å²) in [5.41, 5.74) is 5.30. The lowest BCUT2D eigenvalue weighted by Crippen LogP contribution is -2.19. The van der Waals surface area contributed by atoms with Crippen molar-refractivity contribution in [3.63, 3.8) is 0 Å². The second-order valence-electron chi connectivity index (χ2n) is 4.99. The van der Waals surface area contributed by atoms with Crippen LogP contribution in [0.5, 0.6) is 0 Å². The fourth-order valence-corrected chi connectivity index (χ4v) is 2.62. The molecule has 0 saturated heterocycles. The molecule has 0 radical (unpaired) electrons. The molecule has 0 aliphatic rings. The van der Waals surface area contributed by atoms with Gasteiger partial charge in [-0.3, -0.25) is 0 Å². The van der Waals surface area contributed by atoms with Crippen LogP contribution in [0.3, 0.4) is 0 Å². The Bertz CT molecular complexity index is 525. The Morgan fingerprint density at radius 1 is 1.35 bits per heavy atom. The van der Waals surface area contributed by atoms with Gasteiger partial charge < -0.3 is 10.2 Å². The predicted octanol–water partition coefficient (Wildman–Crippen LogP) is 2.98. The van der Waals surface area contributed by atoms with Crippen molar-refractivity contribution < 1.29 is 0 Å². The van der Waals surface area contributed by atoms with E-state index in [1.54, 1.807) is 11.3 Å². The minimum absolute atomic E-state index is 0.793. The average molecular weight is 290 g/mol. The molecule has 5 heteroatoms. The van der Waals surface area contributed by atoms with Crippen LogP contribution in [0.25, 0.3) is 0 Å². The van der Waals surface area contributed by atoms with E-state index in [1.807, 2.05) is 12.4 Å². The zero-order valence-electron chi connectivity index (χ0n) is 12.4. The maximum atomic E-state index is 4.62. The van der Waals surface area contributed by atoms with Gasteiger partial charge in [0.05, 0.1) is 17.7 Å². The molecule has 108 valence electrons. The van der Waals surface area contributed by atoms with E-state index in [9.17, 15) is 0 Å². The summed E-state index contributed by atoms with van der Waals surface area (Å²) in [6, 6.07) is 4.30. The molecule has 0 spiro atoms. The smallest absolute Gasteiger partial charge is 0.129 e. The Labute approximate surface area is 124 Å². The monoisotopic (exact) mass is 290 g/mol. The third kappa shape index (κ3) is 4.28. The van der Waals surface area contributed by atoms with Crippen LogP contribution in [0.2, 0.25) is 0 Å². The molecule has 1 N–H and O–H groups in total. The third-order valence-corrected chi connectivity index (χ3v) is 3.66.